The fraction of sp³-hybridized carbons (Fsp3) is 0.368. The average molecular weight is 392 g/mol. The Bertz CT molecular complexity index is 932. The van der Waals surface area contributed by atoms with E-state index in [2.05, 4.69) is 26.7 Å². The van der Waals surface area contributed by atoms with Gasteiger partial charge < -0.3 is 9.80 Å². The lowest BCUT2D eigenvalue weighted by atomic mass is 10.1. The molecule has 0 unspecified atom stereocenters. The van der Waals surface area contributed by atoms with Gasteiger partial charge in [0, 0.05) is 43.3 Å². The number of hydrogen-bond acceptors (Lipinski definition) is 5. The lowest BCUT2D eigenvalue weighted by Gasteiger charge is -2.35. The standard InChI is InChI=1S/C19H19F3N4S/c1-2-25-6-8-26(9-7-25)18-14-3-4-16(19(20,21)22)24-17(14)15(11-23-18)13-5-10-27-12-13/h3-5,10-12H,2,6-9H2,1H3. The summed E-state index contributed by atoms with van der Waals surface area (Å²) >= 11 is 1.49. The number of pyridine rings is 2. The zero-order chi connectivity index (χ0) is 19.0. The first-order chi connectivity index (χ1) is 13.0. The van der Waals surface area contributed by atoms with Crippen LogP contribution in [-0.4, -0.2) is 47.6 Å². The summed E-state index contributed by atoms with van der Waals surface area (Å²) in [7, 11) is 0. The minimum absolute atomic E-state index is 0.353. The van der Waals surface area contributed by atoms with Crippen molar-refractivity contribution < 1.29 is 13.2 Å². The van der Waals surface area contributed by atoms with Gasteiger partial charge in [0.05, 0.1) is 5.52 Å². The Morgan fingerprint density at radius 1 is 1.11 bits per heavy atom. The van der Waals surface area contributed by atoms with Crippen molar-refractivity contribution in [3.63, 3.8) is 0 Å². The van der Waals surface area contributed by atoms with Crippen molar-refractivity contribution in [3.8, 4) is 11.1 Å². The number of anilines is 1. The number of likely N-dealkylation sites (N-methyl/N-ethyl adjacent to an activating group) is 1. The molecule has 0 bridgehead atoms. The van der Waals surface area contributed by atoms with Crippen molar-refractivity contribution in [3.05, 3.63) is 40.8 Å². The largest absolute Gasteiger partial charge is 0.433 e. The normalized spacial score (nSPS) is 16.2. The number of fused-ring (bicyclic) bond motifs is 1. The number of thiophene rings is 1. The highest BCUT2D eigenvalue weighted by atomic mass is 32.1. The summed E-state index contributed by atoms with van der Waals surface area (Å²) in [6.45, 7) is 6.56. The average Bonchev–Trinajstić information content (AvgIpc) is 3.20. The molecule has 1 fully saturated rings. The number of halogens is 3. The van der Waals surface area contributed by atoms with Gasteiger partial charge in [0.15, 0.2) is 0 Å². The van der Waals surface area contributed by atoms with E-state index in [0.717, 1.165) is 44.4 Å². The molecule has 1 aliphatic rings. The van der Waals surface area contributed by atoms with Crippen LogP contribution in [0.3, 0.4) is 0 Å². The number of aromatic nitrogens is 2. The molecule has 0 radical (unpaired) electrons. The summed E-state index contributed by atoms with van der Waals surface area (Å²) in [5, 5.41) is 4.46. The molecule has 3 aromatic rings. The van der Waals surface area contributed by atoms with Crippen LogP contribution in [0.1, 0.15) is 12.6 Å². The molecular weight excluding hydrogens is 373 g/mol. The quantitative estimate of drug-likeness (QED) is 0.656. The van der Waals surface area contributed by atoms with Crippen LogP contribution < -0.4 is 4.90 Å². The minimum Gasteiger partial charge on any atom is -0.353 e. The summed E-state index contributed by atoms with van der Waals surface area (Å²) in [6.07, 6.45) is -2.82. The van der Waals surface area contributed by atoms with E-state index in [0.29, 0.717) is 22.3 Å². The first-order valence-corrected chi connectivity index (χ1v) is 9.78. The van der Waals surface area contributed by atoms with E-state index in [9.17, 15) is 13.2 Å². The monoisotopic (exact) mass is 392 g/mol. The van der Waals surface area contributed by atoms with E-state index in [1.165, 1.54) is 17.4 Å². The van der Waals surface area contributed by atoms with Crippen molar-refractivity contribution in [2.24, 2.45) is 0 Å². The van der Waals surface area contributed by atoms with E-state index in [4.69, 9.17) is 0 Å². The van der Waals surface area contributed by atoms with Crippen LogP contribution in [-0.2, 0) is 6.18 Å². The number of nitrogens with zero attached hydrogens (tertiary/aromatic N) is 4. The molecule has 4 rings (SSSR count). The Hall–Kier alpha value is -2.19. The fourth-order valence-electron chi connectivity index (χ4n) is 3.42. The first kappa shape index (κ1) is 18.2. The molecule has 0 N–H and O–H groups in total. The Labute approximate surface area is 159 Å². The summed E-state index contributed by atoms with van der Waals surface area (Å²) in [5.41, 5.74) is 0.950. The lowest BCUT2D eigenvalue weighted by Crippen LogP contribution is -2.46. The third kappa shape index (κ3) is 3.51. The van der Waals surface area contributed by atoms with Crippen molar-refractivity contribution >= 4 is 28.1 Å². The van der Waals surface area contributed by atoms with Gasteiger partial charge >= 0.3 is 6.18 Å². The summed E-state index contributed by atoms with van der Waals surface area (Å²) in [4.78, 5) is 13.1. The molecule has 4 heterocycles. The maximum Gasteiger partial charge on any atom is 0.433 e. The number of hydrogen-bond donors (Lipinski definition) is 0. The molecule has 1 aliphatic heterocycles. The van der Waals surface area contributed by atoms with Crippen LogP contribution >= 0.6 is 11.3 Å². The van der Waals surface area contributed by atoms with Crippen molar-refractivity contribution in [2.45, 2.75) is 13.1 Å². The number of piperazine rings is 1. The van der Waals surface area contributed by atoms with Crippen LogP contribution in [0, 0.1) is 0 Å². The highest BCUT2D eigenvalue weighted by Crippen LogP contribution is 2.36. The second-order valence-electron chi connectivity index (χ2n) is 6.52. The van der Waals surface area contributed by atoms with Gasteiger partial charge in [0.2, 0.25) is 0 Å². The fourth-order valence-corrected chi connectivity index (χ4v) is 4.07. The molecule has 8 heteroatoms. The van der Waals surface area contributed by atoms with Crippen LogP contribution in [0.5, 0.6) is 0 Å². The molecule has 1 saturated heterocycles. The molecule has 4 nitrogen and oxygen atoms in total. The van der Waals surface area contributed by atoms with Crippen LogP contribution in [0.15, 0.2) is 35.2 Å². The Morgan fingerprint density at radius 2 is 1.89 bits per heavy atom. The zero-order valence-corrected chi connectivity index (χ0v) is 15.6. The minimum atomic E-state index is -4.48. The van der Waals surface area contributed by atoms with Crippen LogP contribution in [0.4, 0.5) is 19.0 Å². The van der Waals surface area contributed by atoms with Crippen molar-refractivity contribution in [2.75, 3.05) is 37.6 Å². The summed E-state index contributed by atoms with van der Waals surface area (Å²) in [6, 6.07) is 4.44. The maximum atomic E-state index is 13.2. The van der Waals surface area contributed by atoms with E-state index < -0.39 is 11.9 Å². The molecule has 142 valence electrons. The molecule has 0 amide bonds. The van der Waals surface area contributed by atoms with Gasteiger partial charge in [0.25, 0.3) is 0 Å². The van der Waals surface area contributed by atoms with E-state index in [1.807, 2.05) is 16.8 Å². The van der Waals surface area contributed by atoms with Gasteiger partial charge in [-0.05, 0) is 41.1 Å². The van der Waals surface area contributed by atoms with Crippen LogP contribution in [0.2, 0.25) is 0 Å². The predicted molar refractivity (Wildman–Crippen MR) is 102 cm³/mol. The third-order valence-corrected chi connectivity index (χ3v) is 5.63. The number of rotatable bonds is 3. The van der Waals surface area contributed by atoms with E-state index in [1.54, 1.807) is 6.20 Å². The first-order valence-electron chi connectivity index (χ1n) is 8.84. The van der Waals surface area contributed by atoms with E-state index >= 15 is 0 Å². The SMILES string of the molecule is CCN1CCN(c2ncc(-c3ccsc3)c3nc(C(F)(F)F)ccc23)CC1. The molecule has 27 heavy (non-hydrogen) atoms. The number of alkyl halides is 3. The molecular formula is C19H19F3N4S. The molecule has 0 aromatic carbocycles. The van der Waals surface area contributed by atoms with Gasteiger partial charge in [-0.15, -0.1) is 0 Å². The second kappa shape index (κ2) is 7.09. The Morgan fingerprint density at radius 3 is 2.52 bits per heavy atom. The maximum absolute atomic E-state index is 13.2. The summed E-state index contributed by atoms with van der Waals surface area (Å²) < 4.78 is 39.7. The Balaban J connectivity index is 1.84. The molecule has 3 aromatic heterocycles. The smallest absolute Gasteiger partial charge is 0.353 e. The topological polar surface area (TPSA) is 32.3 Å². The lowest BCUT2D eigenvalue weighted by molar-refractivity contribution is -0.140. The molecule has 0 spiro atoms. The predicted octanol–water partition coefficient (Wildman–Crippen LogP) is 4.52. The zero-order valence-electron chi connectivity index (χ0n) is 14.8. The van der Waals surface area contributed by atoms with Gasteiger partial charge in [-0.3, -0.25) is 0 Å². The highest BCUT2D eigenvalue weighted by molar-refractivity contribution is 7.08. The molecule has 0 saturated carbocycles. The third-order valence-electron chi connectivity index (χ3n) is 4.95. The second-order valence-corrected chi connectivity index (χ2v) is 7.30. The van der Waals surface area contributed by atoms with Gasteiger partial charge in [-0.25, -0.2) is 9.97 Å². The Kier molecular flexibility index (Phi) is 4.77. The van der Waals surface area contributed by atoms with Crippen molar-refractivity contribution in [1.29, 1.82) is 0 Å². The van der Waals surface area contributed by atoms with Crippen LogP contribution in [0.25, 0.3) is 22.0 Å². The van der Waals surface area contributed by atoms with E-state index in [-0.39, 0.29) is 0 Å². The molecule has 0 aliphatic carbocycles. The highest BCUT2D eigenvalue weighted by Gasteiger charge is 2.33. The van der Waals surface area contributed by atoms with Gasteiger partial charge in [0.1, 0.15) is 11.5 Å². The molecule has 0 atom stereocenters. The van der Waals surface area contributed by atoms with Gasteiger partial charge in [-0.2, -0.15) is 24.5 Å². The van der Waals surface area contributed by atoms with Crippen molar-refractivity contribution in [1.82, 2.24) is 14.9 Å². The van der Waals surface area contributed by atoms with Gasteiger partial charge in [-0.1, -0.05) is 6.92 Å². The summed E-state index contributed by atoms with van der Waals surface area (Å²) in [5.74, 6) is 0.709.